The first-order chi connectivity index (χ1) is 7.02. The zero-order chi connectivity index (χ0) is 11.4. The van der Waals surface area contributed by atoms with Gasteiger partial charge in [0.25, 0.3) is 0 Å². The number of ketones is 1. The van der Waals surface area contributed by atoms with Crippen molar-refractivity contribution in [2.24, 2.45) is 0 Å². The minimum atomic E-state index is -0.995. The normalized spacial score (nSPS) is 20.1. The lowest BCUT2D eigenvalue weighted by atomic mass is 10.2. The first-order valence-electron chi connectivity index (χ1n) is 4.79. The summed E-state index contributed by atoms with van der Waals surface area (Å²) in [7, 11) is 0. The fourth-order valence-electron chi connectivity index (χ4n) is 1.57. The molecule has 2 N–H and O–H groups in total. The molecule has 0 saturated carbocycles. The van der Waals surface area contributed by atoms with Crippen LogP contribution in [0.2, 0.25) is 0 Å². The van der Waals surface area contributed by atoms with Crippen molar-refractivity contribution in [3.05, 3.63) is 0 Å². The number of nitrogens with one attached hydrogen (secondary N) is 1. The molecule has 0 radical (unpaired) electrons. The predicted molar refractivity (Wildman–Crippen MR) is 51.4 cm³/mol. The number of carboxylic acids is 1. The van der Waals surface area contributed by atoms with E-state index in [1.165, 1.54) is 11.8 Å². The van der Waals surface area contributed by atoms with Gasteiger partial charge in [0.1, 0.15) is 11.8 Å². The van der Waals surface area contributed by atoms with Gasteiger partial charge in [0.15, 0.2) is 0 Å². The summed E-state index contributed by atoms with van der Waals surface area (Å²) in [5.41, 5.74) is 0. The highest BCUT2D eigenvalue weighted by Gasteiger charge is 2.33. The van der Waals surface area contributed by atoms with Gasteiger partial charge in [0, 0.05) is 6.54 Å². The number of Topliss-reactive ketones (excluding diaryl/α,β-unsaturated/α-hetero) is 1. The van der Waals surface area contributed by atoms with Gasteiger partial charge in [-0.25, -0.2) is 9.59 Å². The van der Waals surface area contributed by atoms with Crippen LogP contribution in [0.4, 0.5) is 4.79 Å². The van der Waals surface area contributed by atoms with E-state index in [1.807, 2.05) is 0 Å². The van der Waals surface area contributed by atoms with E-state index < -0.39 is 18.0 Å². The maximum absolute atomic E-state index is 11.5. The van der Waals surface area contributed by atoms with Crippen LogP contribution in [-0.4, -0.2) is 46.9 Å². The minimum absolute atomic E-state index is 0.0539. The summed E-state index contributed by atoms with van der Waals surface area (Å²) in [6, 6.07) is -1.23. The molecular formula is C9H14N2O4. The minimum Gasteiger partial charge on any atom is -0.480 e. The van der Waals surface area contributed by atoms with E-state index in [-0.39, 0.29) is 12.3 Å². The molecule has 0 spiro atoms. The van der Waals surface area contributed by atoms with Gasteiger partial charge in [0.2, 0.25) is 0 Å². The Bertz CT molecular complexity index is 290. The van der Waals surface area contributed by atoms with Crippen molar-refractivity contribution >= 4 is 17.8 Å². The Balaban J connectivity index is 2.51. The number of nitrogens with zero attached hydrogens (tertiary/aromatic N) is 1. The van der Waals surface area contributed by atoms with E-state index in [9.17, 15) is 14.4 Å². The van der Waals surface area contributed by atoms with Crippen molar-refractivity contribution in [1.82, 2.24) is 10.2 Å². The molecular weight excluding hydrogens is 200 g/mol. The van der Waals surface area contributed by atoms with E-state index in [0.717, 1.165) is 0 Å². The summed E-state index contributed by atoms with van der Waals surface area (Å²) in [5.74, 6) is -1.15. The Kier molecular flexibility index (Phi) is 3.65. The number of hydrogen-bond acceptors (Lipinski definition) is 3. The van der Waals surface area contributed by atoms with Gasteiger partial charge in [-0.3, -0.25) is 4.79 Å². The van der Waals surface area contributed by atoms with Gasteiger partial charge in [-0.15, -0.1) is 0 Å². The van der Waals surface area contributed by atoms with Gasteiger partial charge in [-0.2, -0.15) is 0 Å². The molecule has 15 heavy (non-hydrogen) atoms. The molecule has 1 atom stereocenters. The topological polar surface area (TPSA) is 86.7 Å². The number of carboxylic acid groups (broad SMARTS) is 1. The third kappa shape index (κ3) is 2.93. The molecule has 1 heterocycles. The quantitative estimate of drug-likeness (QED) is 0.683. The van der Waals surface area contributed by atoms with Gasteiger partial charge >= 0.3 is 12.0 Å². The number of carbonyl (C=O) groups is 3. The standard InChI is InChI=1S/C9H14N2O4/c1-6(12)5-10-9(15)11-4-2-3-7(11)8(13)14/h7H,2-5H2,1H3,(H,10,15)(H,13,14). The van der Waals surface area contributed by atoms with Crippen molar-refractivity contribution < 1.29 is 19.5 Å². The maximum Gasteiger partial charge on any atom is 0.326 e. The Labute approximate surface area is 87.2 Å². The van der Waals surface area contributed by atoms with Crippen LogP contribution in [0.1, 0.15) is 19.8 Å². The lowest BCUT2D eigenvalue weighted by Crippen LogP contribution is -2.46. The van der Waals surface area contributed by atoms with Crippen molar-refractivity contribution in [3.63, 3.8) is 0 Å². The SMILES string of the molecule is CC(=O)CNC(=O)N1CCCC1C(=O)O. The van der Waals surface area contributed by atoms with Crippen LogP contribution in [0.3, 0.4) is 0 Å². The number of rotatable bonds is 3. The lowest BCUT2D eigenvalue weighted by Gasteiger charge is -2.21. The zero-order valence-corrected chi connectivity index (χ0v) is 8.52. The molecule has 1 rings (SSSR count). The molecule has 84 valence electrons. The van der Waals surface area contributed by atoms with Crippen molar-refractivity contribution in [2.75, 3.05) is 13.1 Å². The molecule has 6 heteroatoms. The summed E-state index contributed by atoms with van der Waals surface area (Å²) in [4.78, 5) is 34.1. The molecule has 0 aromatic heterocycles. The Morgan fingerprint density at radius 3 is 2.67 bits per heavy atom. The summed E-state index contributed by atoms with van der Waals surface area (Å²) < 4.78 is 0. The number of hydrogen-bond donors (Lipinski definition) is 2. The first kappa shape index (κ1) is 11.5. The predicted octanol–water partition coefficient (Wildman–Crippen LogP) is -0.166. The molecule has 0 aromatic carbocycles. The molecule has 0 aliphatic carbocycles. The third-order valence-electron chi connectivity index (χ3n) is 2.29. The molecule has 2 amide bonds. The molecule has 1 aliphatic heterocycles. The third-order valence-corrected chi connectivity index (χ3v) is 2.29. The fraction of sp³-hybridized carbons (Fsp3) is 0.667. The van der Waals surface area contributed by atoms with E-state index >= 15 is 0 Å². The maximum atomic E-state index is 11.5. The highest BCUT2D eigenvalue weighted by atomic mass is 16.4. The van der Waals surface area contributed by atoms with Crippen LogP contribution < -0.4 is 5.32 Å². The Morgan fingerprint density at radius 2 is 2.13 bits per heavy atom. The van der Waals surface area contributed by atoms with Crippen LogP contribution >= 0.6 is 0 Å². The smallest absolute Gasteiger partial charge is 0.326 e. The number of carbonyl (C=O) groups excluding carboxylic acids is 2. The number of urea groups is 1. The van der Waals surface area contributed by atoms with Crippen LogP contribution in [0.25, 0.3) is 0 Å². The van der Waals surface area contributed by atoms with Crippen LogP contribution in [0.15, 0.2) is 0 Å². The molecule has 0 bridgehead atoms. The second-order valence-corrected chi connectivity index (χ2v) is 3.55. The van der Waals surface area contributed by atoms with Crippen LogP contribution in [0, 0.1) is 0 Å². The van der Waals surface area contributed by atoms with Gasteiger partial charge in [0.05, 0.1) is 6.54 Å². The van der Waals surface area contributed by atoms with Crippen LogP contribution in [-0.2, 0) is 9.59 Å². The zero-order valence-electron chi connectivity index (χ0n) is 8.52. The van der Waals surface area contributed by atoms with Crippen molar-refractivity contribution in [3.8, 4) is 0 Å². The molecule has 1 fully saturated rings. The summed E-state index contributed by atoms with van der Waals surface area (Å²) in [5, 5.41) is 11.2. The summed E-state index contributed by atoms with van der Waals surface area (Å²) in [6.07, 6.45) is 1.16. The first-order valence-corrected chi connectivity index (χ1v) is 4.79. The van der Waals surface area contributed by atoms with E-state index in [0.29, 0.717) is 19.4 Å². The number of likely N-dealkylation sites (tertiary alicyclic amines) is 1. The second kappa shape index (κ2) is 4.77. The van der Waals surface area contributed by atoms with Gasteiger partial charge in [-0.05, 0) is 19.8 Å². The van der Waals surface area contributed by atoms with E-state index in [2.05, 4.69) is 5.32 Å². The lowest BCUT2D eigenvalue weighted by molar-refractivity contribution is -0.141. The molecule has 0 aromatic rings. The van der Waals surface area contributed by atoms with E-state index in [4.69, 9.17) is 5.11 Å². The average molecular weight is 214 g/mol. The largest absolute Gasteiger partial charge is 0.480 e. The second-order valence-electron chi connectivity index (χ2n) is 3.55. The van der Waals surface area contributed by atoms with Gasteiger partial charge in [-0.1, -0.05) is 0 Å². The summed E-state index contributed by atoms with van der Waals surface area (Å²) in [6.45, 7) is 1.74. The molecule has 1 aliphatic rings. The van der Waals surface area contributed by atoms with Crippen molar-refractivity contribution in [2.45, 2.75) is 25.8 Å². The van der Waals surface area contributed by atoms with Crippen LogP contribution in [0.5, 0.6) is 0 Å². The average Bonchev–Trinajstić information content (AvgIpc) is 2.62. The van der Waals surface area contributed by atoms with E-state index in [1.54, 1.807) is 0 Å². The van der Waals surface area contributed by atoms with Crippen molar-refractivity contribution in [1.29, 1.82) is 0 Å². The highest BCUT2D eigenvalue weighted by molar-refractivity contribution is 5.86. The summed E-state index contributed by atoms with van der Waals surface area (Å²) >= 11 is 0. The Hall–Kier alpha value is -1.59. The number of amides is 2. The highest BCUT2D eigenvalue weighted by Crippen LogP contribution is 2.16. The monoisotopic (exact) mass is 214 g/mol. The van der Waals surface area contributed by atoms with Gasteiger partial charge < -0.3 is 15.3 Å². The molecule has 1 saturated heterocycles. The molecule has 1 unspecified atom stereocenters. The Morgan fingerprint density at radius 1 is 1.47 bits per heavy atom. The number of aliphatic carboxylic acids is 1. The fourth-order valence-corrected chi connectivity index (χ4v) is 1.57. The molecule has 6 nitrogen and oxygen atoms in total.